The van der Waals surface area contributed by atoms with Gasteiger partial charge in [-0.05, 0) is 51.8 Å². The Labute approximate surface area is 132 Å². The Morgan fingerprint density at radius 2 is 2.05 bits per heavy atom. The number of rotatable bonds is 3. The van der Waals surface area contributed by atoms with Crippen LogP contribution in [0, 0.1) is 0 Å². The summed E-state index contributed by atoms with van der Waals surface area (Å²) < 4.78 is 5.58. The molecule has 0 bridgehead atoms. The maximum absolute atomic E-state index is 12.9. The zero-order chi connectivity index (χ0) is 15.7. The van der Waals surface area contributed by atoms with Crippen LogP contribution in [-0.4, -0.2) is 42.0 Å². The van der Waals surface area contributed by atoms with Crippen molar-refractivity contribution in [2.45, 2.75) is 58.2 Å². The molecular weight excluding hydrogens is 276 g/mol. The van der Waals surface area contributed by atoms with Gasteiger partial charge in [0.15, 0.2) is 5.78 Å². The van der Waals surface area contributed by atoms with Crippen LogP contribution < -0.4 is 10.1 Å². The molecule has 4 heteroatoms. The maximum Gasteiger partial charge on any atom is 0.179 e. The molecule has 1 aromatic carbocycles. The van der Waals surface area contributed by atoms with Gasteiger partial charge < -0.3 is 10.1 Å². The summed E-state index contributed by atoms with van der Waals surface area (Å²) in [5, 5.41) is 3.30. The van der Waals surface area contributed by atoms with Crippen molar-refractivity contribution in [3.8, 4) is 5.75 Å². The molecule has 0 aromatic heterocycles. The van der Waals surface area contributed by atoms with Gasteiger partial charge in [-0.25, -0.2) is 0 Å². The number of carbonyl (C=O) groups is 1. The highest BCUT2D eigenvalue weighted by Crippen LogP contribution is 2.30. The monoisotopic (exact) mass is 302 g/mol. The molecule has 120 valence electrons. The molecule has 0 aliphatic carbocycles. The zero-order valence-corrected chi connectivity index (χ0v) is 13.8. The summed E-state index contributed by atoms with van der Waals surface area (Å²) in [7, 11) is 0. The lowest BCUT2D eigenvalue weighted by Gasteiger charge is -2.42. The molecule has 0 radical (unpaired) electrons. The average Bonchev–Trinajstić information content (AvgIpc) is 2.53. The number of piperidine rings is 1. The number of hydrogen-bond donors (Lipinski definition) is 1. The summed E-state index contributed by atoms with van der Waals surface area (Å²) in [6.45, 7) is 7.99. The summed E-state index contributed by atoms with van der Waals surface area (Å²) >= 11 is 0. The lowest BCUT2D eigenvalue weighted by molar-refractivity contribution is 0.0494. The van der Waals surface area contributed by atoms with Gasteiger partial charge in [0.1, 0.15) is 12.4 Å². The standard InChI is InChI=1S/C18H26N2O2/c1-12-5-4-6-13(2)20(12)14(3)18(21)15-7-8-17-16(11-15)19-9-10-22-17/h7-8,11-14,19H,4-6,9-10H2,1-3H3. The van der Waals surface area contributed by atoms with E-state index in [0.29, 0.717) is 18.7 Å². The fourth-order valence-electron chi connectivity index (χ4n) is 3.88. The van der Waals surface area contributed by atoms with Crippen molar-refractivity contribution in [2.24, 2.45) is 0 Å². The quantitative estimate of drug-likeness (QED) is 0.870. The van der Waals surface area contributed by atoms with Gasteiger partial charge in [-0.1, -0.05) is 6.42 Å². The van der Waals surface area contributed by atoms with Crippen LogP contribution in [-0.2, 0) is 0 Å². The second-order valence-electron chi connectivity index (χ2n) is 6.60. The van der Waals surface area contributed by atoms with E-state index >= 15 is 0 Å². The first-order chi connectivity index (χ1) is 10.6. The molecule has 1 fully saturated rings. The van der Waals surface area contributed by atoms with E-state index in [-0.39, 0.29) is 11.8 Å². The van der Waals surface area contributed by atoms with Crippen molar-refractivity contribution in [3.05, 3.63) is 23.8 Å². The summed E-state index contributed by atoms with van der Waals surface area (Å²) in [6, 6.07) is 6.61. The van der Waals surface area contributed by atoms with Gasteiger partial charge in [0, 0.05) is 24.2 Å². The number of likely N-dealkylation sites (tertiary alicyclic amines) is 1. The number of anilines is 1. The predicted molar refractivity (Wildman–Crippen MR) is 88.8 cm³/mol. The van der Waals surface area contributed by atoms with E-state index in [4.69, 9.17) is 4.74 Å². The van der Waals surface area contributed by atoms with Crippen molar-refractivity contribution in [2.75, 3.05) is 18.5 Å². The van der Waals surface area contributed by atoms with Gasteiger partial charge in [-0.3, -0.25) is 9.69 Å². The molecule has 4 nitrogen and oxygen atoms in total. The molecule has 3 atom stereocenters. The summed E-state index contributed by atoms with van der Waals surface area (Å²) in [6.07, 6.45) is 3.63. The second-order valence-corrected chi connectivity index (χ2v) is 6.60. The Kier molecular flexibility index (Phi) is 4.39. The number of nitrogens with zero attached hydrogens (tertiary/aromatic N) is 1. The van der Waals surface area contributed by atoms with Crippen LogP contribution in [0.4, 0.5) is 5.69 Å². The number of Topliss-reactive ketones (excluding diaryl/α,β-unsaturated/α-hetero) is 1. The minimum absolute atomic E-state index is 0.0761. The van der Waals surface area contributed by atoms with E-state index in [2.05, 4.69) is 24.1 Å². The van der Waals surface area contributed by atoms with E-state index in [1.54, 1.807) is 0 Å². The highest BCUT2D eigenvalue weighted by atomic mass is 16.5. The molecule has 0 amide bonds. The third-order valence-electron chi connectivity index (χ3n) is 5.03. The Bertz CT molecular complexity index is 548. The fraction of sp³-hybridized carbons (Fsp3) is 0.611. The maximum atomic E-state index is 12.9. The van der Waals surface area contributed by atoms with Crippen LogP contribution in [0.15, 0.2) is 18.2 Å². The second kappa shape index (κ2) is 6.29. The first kappa shape index (κ1) is 15.3. The van der Waals surface area contributed by atoms with Gasteiger partial charge in [0.25, 0.3) is 0 Å². The lowest BCUT2D eigenvalue weighted by Crippen LogP contribution is -2.51. The van der Waals surface area contributed by atoms with E-state index < -0.39 is 0 Å². The minimum Gasteiger partial charge on any atom is -0.490 e. The molecule has 2 heterocycles. The molecule has 1 saturated heterocycles. The van der Waals surface area contributed by atoms with Crippen LogP contribution in [0.2, 0.25) is 0 Å². The van der Waals surface area contributed by atoms with Gasteiger partial charge in [-0.15, -0.1) is 0 Å². The molecule has 1 N–H and O–H groups in total. The van der Waals surface area contributed by atoms with E-state index in [9.17, 15) is 4.79 Å². The highest BCUT2D eigenvalue weighted by molar-refractivity contribution is 6.01. The molecule has 2 aliphatic heterocycles. The van der Waals surface area contributed by atoms with Crippen LogP contribution in [0.25, 0.3) is 0 Å². The van der Waals surface area contributed by atoms with Gasteiger partial charge >= 0.3 is 0 Å². The van der Waals surface area contributed by atoms with Crippen LogP contribution in [0.5, 0.6) is 5.75 Å². The number of ether oxygens (including phenoxy) is 1. The zero-order valence-electron chi connectivity index (χ0n) is 13.8. The molecule has 0 saturated carbocycles. The number of hydrogen-bond acceptors (Lipinski definition) is 4. The smallest absolute Gasteiger partial charge is 0.179 e. The molecule has 2 aliphatic rings. The number of fused-ring (bicyclic) bond motifs is 1. The van der Waals surface area contributed by atoms with Crippen LogP contribution >= 0.6 is 0 Å². The summed E-state index contributed by atoms with van der Waals surface area (Å²) in [5.74, 6) is 1.05. The van der Waals surface area contributed by atoms with Gasteiger partial charge in [-0.2, -0.15) is 0 Å². The third kappa shape index (κ3) is 2.84. The van der Waals surface area contributed by atoms with Crippen molar-refractivity contribution in [1.29, 1.82) is 0 Å². The molecule has 3 unspecified atom stereocenters. The Morgan fingerprint density at radius 1 is 1.32 bits per heavy atom. The molecule has 0 spiro atoms. The highest BCUT2D eigenvalue weighted by Gasteiger charge is 2.32. The normalized spacial score (nSPS) is 26.5. The summed E-state index contributed by atoms with van der Waals surface area (Å²) in [5.41, 5.74) is 1.71. The minimum atomic E-state index is -0.0761. The first-order valence-corrected chi connectivity index (χ1v) is 8.40. The predicted octanol–water partition coefficient (Wildman–Crippen LogP) is 3.33. The molecule has 1 aromatic rings. The first-order valence-electron chi connectivity index (χ1n) is 8.40. The number of carbonyl (C=O) groups excluding carboxylic acids is 1. The Hall–Kier alpha value is -1.55. The third-order valence-corrected chi connectivity index (χ3v) is 5.03. The van der Waals surface area contributed by atoms with E-state index in [1.165, 1.54) is 19.3 Å². The van der Waals surface area contributed by atoms with Crippen molar-refractivity contribution < 1.29 is 9.53 Å². The van der Waals surface area contributed by atoms with E-state index in [0.717, 1.165) is 23.5 Å². The summed E-state index contributed by atoms with van der Waals surface area (Å²) in [4.78, 5) is 15.3. The van der Waals surface area contributed by atoms with Gasteiger partial charge in [0.05, 0.1) is 11.7 Å². The molecule has 3 rings (SSSR count). The van der Waals surface area contributed by atoms with E-state index in [1.807, 2.05) is 25.1 Å². The van der Waals surface area contributed by atoms with Crippen LogP contribution in [0.3, 0.4) is 0 Å². The number of ketones is 1. The van der Waals surface area contributed by atoms with Gasteiger partial charge in [0.2, 0.25) is 0 Å². The number of nitrogens with one attached hydrogen (secondary N) is 1. The molecular formula is C18H26N2O2. The average molecular weight is 302 g/mol. The SMILES string of the molecule is CC1CCCC(C)N1C(C)C(=O)c1ccc2c(c1)NCCO2. The lowest BCUT2D eigenvalue weighted by atomic mass is 9.93. The number of benzene rings is 1. The Balaban J connectivity index is 1.80. The largest absolute Gasteiger partial charge is 0.490 e. The van der Waals surface area contributed by atoms with Crippen molar-refractivity contribution >= 4 is 11.5 Å². The molecule has 22 heavy (non-hydrogen) atoms. The topological polar surface area (TPSA) is 41.6 Å². The van der Waals surface area contributed by atoms with Crippen molar-refractivity contribution in [1.82, 2.24) is 4.90 Å². The fourth-order valence-corrected chi connectivity index (χ4v) is 3.88. The van der Waals surface area contributed by atoms with Crippen molar-refractivity contribution in [3.63, 3.8) is 0 Å². The Morgan fingerprint density at radius 3 is 2.77 bits per heavy atom. The van der Waals surface area contributed by atoms with Crippen LogP contribution in [0.1, 0.15) is 50.4 Å².